The molecule has 2 rings (SSSR count). The third-order valence-electron chi connectivity index (χ3n) is 2.82. The molecule has 1 amide bonds. The minimum Gasteiger partial charge on any atom is -0.504 e. The summed E-state index contributed by atoms with van der Waals surface area (Å²) in [4.78, 5) is 13.1. The van der Waals surface area contributed by atoms with E-state index in [0.717, 1.165) is 4.88 Å². The second kappa shape index (κ2) is 5.75. The molecule has 19 heavy (non-hydrogen) atoms. The minimum atomic E-state index is -0.217. The van der Waals surface area contributed by atoms with Crippen LogP contribution >= 0.6 is 11.3 Å². The number of phenols is 1. The van der Waals surface area contributed by atoms with Crippen LogP contribution in [0.3, 0.4) is 0 Å². The number of hydrogen-bond acceptors (Lipinski definition) is 4. The fourth-order valence-electron chi connectivity index (χ4n) is 1.68. The Hall–Kier alpha value is -2.01. The molecular formula is C14H15NO3S. The number of methoxy groups -OCH3 is 1. The van der Waals surface area contributed by atoms with Crippen molar-refractivity contribution in [2.45, 2.75) is 13.5 Å². The third-order valence-corrected chi connectivity index (χ3v) is 3.84. The topological polar surface area (TPSA) is 58.6 Å². The van der Waals surface area contributed by atoms with E-state index in [1.807, 2.05) is 18.4 Å². The van der Waals surface area contributed by atoms with Gasteiger partial charge in [-0.15, -0.1) is 11.3 Å². The summed E-state index contributed by atoms with van der Waals surface area (Å²) >= 11 is 1.61. The standard InChI is InChI=1S/C14H15NO3S/c1-9-5-6-19-13(9)8-15-14(17)10-3-4-12(18-2)11(16)7-10/h3-7,16H,8H2,1-2H3,(H,15,17). The molecule has 0 bridgehead atoms. The number of nitrogens with one attached hydrogen (secondary N) is 1. The van der Waals surface area contributed by atoms with Crippen molar-refractivity contribution in [1.29, 1.82) is 0 Å². The number of aromatic hydroxyl groups is 1. The van der Waals surface area contributed by atoms with Gasteiger partial charge in [0.1, 0.15) is 0 Å². The van der Waals surface area contributed by atoms with Gasteiger partial charge in [-0.2, -0.15) is 0 Å². The van der Waals surface area contributed by atoms with Crippen LogP contribution in [0.5, 0.6) is 11.5 Å². The highest BCUT2D eigenvalue weighted by molar-refractivity contribution is 7.10. The van der Waals surface area contributed by atoms with Crippen LogP contribution in [-0.4, -0.2) is 18.1 Å². The van der Waals surface area contributed by atoms with Crippen molar-refractivity contribution >= 4 is 17.2 Å². The molecule has 5 heteroatoms. The van der Waals surface area contributed by atoms with Crippen LogP contribution in [-0.2, 0) is 6.54 Å². The van der Waals surface area contributed by atoms with E-state index >= 15 is 0 Å². The summed E-state index contributed by atoms with van der Waals surface area (Å²) in [6, 6.07) is 6.61. The van der Waals surface area contributed by atoms with Gasteiger partial charge in [0.25, 0.3) is 5.91 Å². The minimum absolute atomic E-state index is 0.0394. The Bertz CT molecular complexity index is 592. The van der Waals surface area contributed by atoms with Gasteiger partial charge in [-0.25, -0.2) is 0 Å². The van der Waals surface area contributed by atoms with Crippen LogP contribution in [0.15, 0.2) is 29.6 Å². The molecule has 0 aliphatic rings. The molecule has 0 unspecified atom stereocenters. The number of hydrogen-bond donors (Lipinski definition) is 2. The van der Waals surface area contributed by atoms with Crippen molar-refractivity contribution in [3.63, 3.8) is 0 Å². The Labute approximate surface area is 115 Å². The van der Waals surface area contributed by atoms with E-state index in [-0.39, 0.29) is 11.7 Å². The largest absolute Gasteiger partial charge is 0.504 e. The summed E-state index contributed by atoms with van der Waals surface area (Å²) in [5.41, 5.74) is 1.58. The van der Waals surface area contributed by atoms with Gasteiger partial charge < -0.3 is 15.2 Å². The van der Waals surface area contributed by atoms with Gasteiger partial charge in [0, 0.05) is 10.4 Å². The Morgan fingerprint density at radius 3 is 2.79 bits per heavy atom. The maximum atomic E-state index is 11.9. The summed E-state index contributed by atoms with van der Waals surface area (Å²) in [5, 5.41) is 14.5. The number of phenolic OH excluding ortho intramolecular Hbond substituents is 1. The number of carbonyl (C=O) groups is 1. The number of aryl methyl sites for hydroxylation is 1. The van der Waals surface area contributed by atoms with Crippen molar-refractivity contribution in [2.75, 3.05) is 7.11 Å². The van der Waals surface area contributed by atoms with Gasteiger partial charge in [-0.3, -0.25) is 4.79 Å². The maximum absolute atomic E-state index is 11.9. The van der Waals surface area contributed by atoms with E-state index in [4.69, 9.17) is 4.74 Å². The third kappa shape index (κ3) is 3.06. The van der Waals surface area contributed by atoms with Crippen LogP contribution in [0.25, 0.3) is 0 Å². The first-order valence-electron chi connectivity index (χ1n) is 5.80. The van der Waals surface area contributed by atoms with E-state index in [9.17, 15) is 9.90 Å². The normalized spacial score (nSPS) is 10.2. The molecule has 0 atom stereocenters. The molecule has 1 aromatic carbocycles. The summed E-state index contributed by atoms with van der Waals surface area (Å²) in [6.45, 7) is 2.51. The van der Waals surface area contributed by atoms with Crippen molar-refractivity contribution in [2.24, 2.45) is 0 Å². The number of benzene rings is 1. The lowest BCUT2D eigenvalue weighted by Crippen LogP contribution is -2.22. The number of carbonyl (C=O) groups excluding carboxylic acids is 1. The Morgan fingerprint density at radius 2 is 2.21 bits per heavy atom. The molecule has 0 fully saturated rings. The highest BCUT2D eigenvalue weighted by Gasteiger charge is 2.10. The first-order chi connectivity index (χ1) is 9.11. The van der Waals surface area contributed by atoms with Gasteiger partial charge in [0.05, 0.1) is 13.7 Å². The first kappa shape index (κ1) is 13.4. The molecule has 1 heterocycles. The van der Waals surface area contributed by atoms with Gasteiger partial charge in [0.15, 0.2) is 11.5 Å². The van der Waals surface area contributed by atoms with E-state index in [0.29, 0.717) is 17.9 Å². The van der Waals surface area contributed by atoms with E-state index < -0.39 is 0 Å². The predicted molar refractivity (Wildman–Crippen MR) is 74.9 cm³/mol. The van der Waals surface area contributed by atoms with Crippen molar-refractivity contribution < 1.29 is 14.6 Å². The Morgan fingerprint density at radius 1 is 1.42 bits per heavy atom. The molecule has 2 N–H and O–H groups in total. The van der Waals surface area contributed by atoms with Gasteiger partial charge in [-0.05, 0) is 42.1 Å². The maximum Gasteiger partial charge on any atom is 0.251 e. The van der Waals surface area contributed by atoms with Gasteiger partial charge >= 0.3 is 0 Å². The molecule has 0 saturated heterocycles. The highest BCUT2D eigenvalue weighted by Crippen LogP contribution is 2.26. The SMILES string of the molecule is COc1ccc(C(=O)NCc2sccc2C)cc1O. The second-order valence-corrected chi connectivity index (χ2v) is 5.10. The fourth-order valence-corrected chi connectivity index (χ4v) is 2.52. The zero-order valence-corrected chi connectivity index (χ0v) is 11.6. The second-order valence-electron chi connectivity index (χ2n) is 4.10. The van der Waals surface area contributed by atoms with Crippen LogP contribution in [0.1, 0.15) is 20.8 Å². The van der Waals surface area contributed by atoms with Crippen molar-refractivity contribution in [3.8, 4) is 11.5 Å². The van der Waals surface area contributed by atoms with E-state index in [2.05, 4.69) is 5.32 Å². The van der Waals surface area contributed by atoms with Gasteiger partial charge in [-0.1, -0.05) is 0 Å². The number of ether oxygens (including phenoxy) is 1. The quantitative estimate of drug-likeness (QED) is 0.903. The van der Waals surface area contributed by atoms with Gasteiger partial charge in [0.2, 0.25) is 0 Å². The molecule has 4 nitrogen and oxygen atoms in total. The molecule has 0 saturated carbocycles. The van der Waals surface area contributed by atoms with Crippen molar-refractivity contribution in [1.82, 2.24) is 5.32 Å². The zero-order valence-electron chi connectivity index (χ0n) is 10.8. The lowest BCUT2D eigenvalue weighted by atomic mass is 10.2. The Kier molecular flexibility index (Phi) is 4.06. The fraction of sp³-hybridized carbons (Fsp3) is 0.214. The summed E-state index contributed by atoms with van der Waals surface area (Å²) in [7, 11) is 1.47. The van der Waals surface area contributed by atoms with E-state index in [1.165, 1.54) is 18.7 Å². The smallest absolute Gasteiger partial charge is 0.251 e. The highest BCUT2D eigenvalue weighted by atomic mass is 32.1. The molecule has 0 radical (unpaired) electrons. The van der Waals surface area contributed by atoms with E-state index in [1.54, 1.807) is 23.5 Å². The number of thiophene rings is 1. The van der Waals surface area contributed by atoms with Crippen LogP contribution in [0.2, 0.25) is 0 Å². The number of rotatable bonds is 4. The monoisotopic (exact) mass is 277 g/mol. The molecule has 0 aliphatic heterocycles. The molecule has 0 spiro atoms. The molecule has 1 aromatic heterocycles. The lowest BCUT2D eigenvalue weighted by molar-refractivity contribution is 0.0951. The summed E-state index contributed by atoms with van der Waals surface area (Å²) < 4.78 is 4.93. The Balaban J connectivity index is 2.04. The molecule has 100 valence electrons. The lowest BCUT2D eigenvalue weighted by Gasteiger charge is -2.07. The molecule has 2 aromatic rings. The predicted octanol–water partition coefficient (Wildman–Crippen LogP) is 2.70. The average Bonchev–Trinajstić information content (AvgIpc) is 2.81. The molecule has 0 aliphatic carbocycles. The summed E-state index contributed by atoms with van der Waals surface area (Å²) in [6.07, 6.45) is 0. The summed E-state index contributed by atoms with van der Waals surface area (Å²) in [5.74, 6) is 0.0962. The average molecular weight is 277 g/mol. The zero-order chi connectivity index (χ0) is 13.8. The first-order valence-corrected chi connectivity index (χ1v) is 6.68. The van der Waals surface area contributed by atoms with Crippen LogP contribution < -0.4 is 10.1 Å². The van der Waals surface area contributed by atoms with Crippen molar-refractivity contribution in [3.05, 3.63) is 45.6 Å². The molecular weight excluding hydrogens is 262 g/mol. The van der Waals surface area contributed by atoms with Crippen LogP contribution in [0, 0.1) is 6.92 Å². The number of amides is 1. The van der Waals surface area contributed by atoms with Crippen LogP contribution in [0.4, 0.5) is 0 Å².